The van der Waals surface area contributed by atoms with Crippen LogP contribution in [0.2, 0.25) is 5.15 Å². The summed E-state index contributed by atoms with van der Waals surface area (Å²) < 4.78 is 69.6. The molecule has 12 heteroatoms. The molecule has 3 rings (SSSR count). The number of halogens is 4. The highest BCUT2D eigenvalue weighted by Gasteiger charge is 2.36. The number of benzene rings is 1. The predicted octanol–water partition coefficient (Wildman–Crippen LogP) is 5.17. The number of aryl methyl sites for hydroxylation is 1. The molecule has 1 aromatic heterocycles. The molecule has 1 unspecified atom stereocenters. The van der Waals surface area contributed by atoms with Crippen molar-refractivity contribution in [3.8, 4) is 11.4 Å². The number of nitrogens with one attached hydrogen (secondary N) is 1. The predicted molar refractivity (Wildman–Crippen MR) is 136 cm³/mol. The Labute approximate surface area is 220 Å². The molecule has 206 valence electrons. The molecule has 1 aliphatic carbocycles. The molecule has 1 heterocycles. The summed E-state index contributed by atoms with van der Waals surface area (Å²) in [4.78, 5) is 17.4. The first-order chi connectivity index (χ1) is 17.3. The van der Waals surface area contributed by atoms with Gasteiger partial charge in [0.05, 0.1) is 24.0 Å². The lowest BCUT2D eigenvalue weighted by Gasteiger charge is -2.27. The number of hydrogen-bond donors (Lipinski definition) is 1. The van der Waals surface area contributed by atoms with Gasteiger partial charge in [-0.2, -0.15) is 13.2 Å². The number of hydrogen-bond acceptors (Lipinski definition) is 5. The normalized spacial score (nSPS) is 19.5. The first kappa shape index (κ1) is 29.3. The van der Waals surface area contributed by atoms with Crippen molar-refractivity contribution in [1.29, 1.82) is 0 Å². The van der Waals surface area contributed by atoms with Crippen molar-refractivity contribution in [2.75, 3.05) is 19.9 Å². The molecule has 1 fully saturated rings. The fraction of sp³-hybridized carbons (Fsp3) is 0.600. The second-order valence-corrected chi connectivity index (χ2v) is 12.4. The standard InChI is InChI=1S/C25H33ClF3N3O4S/c1-5-21-31-22(24(33)30-14-16-6-9-18(10-7-16)37(4,34)35)23(26)32(21)19-11-8-17(13-20(19)36-3)12-15(2)25(27,28)29/h8,11,13,15-16,18H,5-7,9-10,12,14H2,1-4H3,(H,30,33)/t15?,16-,18+. The van der Waals surface area contributed by atoms with Crippen molar-refractivity contribution >= 4 is 27.3 Å². The first-order valence-corrected chi connectivity index (χ1v) is 14.6. The molecule has 0 saturated heterocycles. The van der Waals surface area contributed by atoms with Gasteiger partial charge < -0.3 is 10.1 Å². The lowest BCUT2D eigenvalue weighted by atomic mass is 9.89. The van der Waals surface area contributed by atoms with E-state index in [-0.39, 0.29) is 28.4 Å². The van der Waals surface area contributed by atoms with Gasteiger partial charge in [0, 0.05) is 19.2 Å². The Bertz CT molecular complexity index is 1220. The summed E-state index contributed by atoms with van der Waals surface area (Å²) in [7, 11) is -1.64. The Balaban J connectivity index is 1.78. The van der Waals surface area contributed by atoms with E-state index in [2.05, 4.69) is 10.3 Å². The van der Waals surface area contributed by atoms with Gasteiger partial charge in [-0.25, -0.2) is 13.4 Å². The third-order valence-electron chi connectivity index (χ3n) is 6.96. The molecule has 1 saturated carbocycles. The zero-order valence-corrected chi connectivity index (χ0v) is 22.9. The Hall–Kier alpha value is -2.27. The highest BCUT2D eigenvalue weighted by molar-refractivity contribution is 7.91. The number of carbonyl (C=O) groups is 1. The average molecular weight is 564 g/mol. The van der Waals surface area contributed by atoms with Gasteiger partial charge in [0.15, 0.2) is 5.69 Å². The topological polar surface area (TPSA) is 90.3 Å². The van der Waals surface area contributed by atoms with Crippen LogP contribution in [-0.2, 0) is 22.7 Å². The van der Waals surface area contributed by atoms with Crippen LogP contribution in [0.4, 0.5) is 13.2 Å². The number of imidazole rings is 1. The minimum atomic E-state index is -4.30. The van der Waals surface area contributed by atoms with Gasteiger partial charge in [0.25, 0.3) is 5.91 Å². The monoisotopic (exact) mass is 563 g/mol. The maximum atomic E-state index is 13.0. The van der Waals surface area contributed by atoms with E-state index in [4.69, 9.17) is 16.3 Å². The zero-order chi connectivity index (χ0) is 27.5. The van der Waals surface area contributed by atoms with E-state index in [1.807, 2.05) is 6.92 Å². The Morgan fingerprint density at radius 3 is 2.46 bits per heavy atom. The van der Waals surface area contributed by atoms with Crippen molar-refractivity contribution in [2.24, 2.45) is 11.8 Å². The zero-order valence-electron chi connectivity index (χ0n) is 21.4. The van der Waals surface area contributed by atoms with Crippen LogP contribution in [0.15, 0.2) is 18.2 Å². The maximum absolute atomic E-state index is 13.0. The van der Waals surface area contributed by atoms with E-state index < -0.39 is 27.8 Å². The number of aromatic nitrogens is 2. The van der Waals surface area contributed by atoms with Gasteiger partial charge in [-0.3, -0.25) is 9.36 Å². The smallest absolute Gasteiger partial charge is 0.391 e. The molecule has 1 atom stereocenters. The van der Waals surface area contributed by atoms with Crippen molar-refractivity contribution in [3.63, 3.8) is 0 Å². The quantitative estimate of drug-likeness (QED) is 0.454. The highest BCUT2D eigenvalue weighted by Crippen LogP contribution is 2.34. The molecule has 1 N–H and O–H groups in total. The van der Waals surface area contributed by atoms with Crippen molar-refractivity contribution in [1.82, 2.24) is 14.9 Å². The average Bonchev–Trinajstić information content (AvgIpc) is 3.17. The van der Waals surface area contributed by atoms with Crippen LogP contribution >= 0.6 is 11.6 Å². The van der Waals surface area contributed by atoms with Crippen LogP contribution < -0.4 is 10.1 Å². The minimum absolute atomic E-state index is 0.0418. The van der Waals surface area contributed by atoms with Crippen LogP contribution in [0, 0.1) is 11.8 Å². The number of methoxy groups -OCH3 is 1. The van der Waals surface area contributed by atoms with Crippen LogP contribution in [-0.4, -0.2) is 55.2 Å². The lowest BCUT2D eigenvalue weighted by Crippen LogP contribution is -2.34. The molecule has 2 aromatic rings. The van der Waals surface area contributed by atoms with Crippen LogP contribution in [0.3, 0.4) is 0 Å². The molecule has 1 aliphatic rings. The first-order valence-electron chi connectivity index (χ1n) is 12.2. The molecule has 7 nitrogen and oxygen atoms in total. The minimum Gasteiger partial charge on any atom is -0.495 e. The molecule has 1 amide bonds. The Morgan fingerprint density at radius 1 is 1.27 bits per heavy atom. The Kier molecular flexibility index (Phi) is 9.21. The summed E-state index contributed by atoms with van der Waals surface area (Å²) in [6.45, 7) is 3.36. The molecule has 0 bridgehead atoms. The number of carbonyl (C=O) groups excluding carboxylic acids is 1. The van der Waals surface area contributed by atoms with E-state index in [0.29, 0.717) is 61.5 Å². The van der Waals surface area contributed by atoms with Crippen molar-refractivity contribution < 1.29 is 31.1 Å². The fourth-order valence-electron chi connectivity index (χ4n) is 4.66. The number of ether oxygens (including phenoxy) is 1. The van der Waals surface area contributed by atoms with E-state index in [1.54, 1.807) is 22.8 Å². The maximum Gasteiger partial charge on any atom is 0.391 e. The van der Waals surface area contributed by atoms with E-state index in [9.17, 15) is 26.4 Å². The van der Waals surface area contributed by atoms with E-state index >= 15 is 0 Å². The van der Waals surface area contributed by atoms with Gasteiger partial charge in [-0.15, -0.1) is 0 Å². The summed E-state index contributed by atoms with van der Waals surface area (Å²) in [5.41, 5.74) is 0.974. The van der Waals surface area contributed by atoms with Gasteiger partial charge >= 0.3 is 6.18 Å². The largest absolute Gasteiger partial charge is 0.495 e. The van der Waals surface area contributed by atoms with E-state index in [1.165, 1.54) is 13.4 Å². The molecule has 0 aliphatic heterocycles. The molecule has 37 heavy (non-hydrogen) atoms. The van der Waals surface area contributed by atoms with Gasteiger partial charge in [-0.05, 0) is 55.7 Å². The summed E-state index contributed by atoms with van der Waals surface area (Å²) in [5, 5.41) is 2.62. The second-order valence-electron chi connectivity index (χ2n) is 9.69. The highest BCUT2D eigenvalue weighted by atomic mass is 35.5. The molecular weight excluding hydrogens is 531 g/mol. The van der Waals surface area contributed by atoms with Gasteiger partial charge in [0.2, 0.25) is 0 Å². The molecule has 0 spiro atoms. The van der Waals surface area contributed by atoms with E-state index in [0.717, 1.165) is 6.92 Å². The van der Waals surface area contributed by atoms with Gasteiger partial charge in [0.1, 0.15) is 26.6 Å². The molecule has 1 aromatic carbocycles. The third-order valence-corrected chi connectivity index (χ3v) is 8.99. The number of rotatable bonds is 9. The summed E-state index contributed by atoms with van der Waals surface area (Å²) in [5.74, 6) is -0.977. The van der Waals surface area contributed by atoms with Crippen LogP contribution in [0.1, 0.15) is 61.4 Å². The number of amides is 1. The Morgan fingerprint density at radius 2 is 1.92 bits per heavy atom. The SMILES string of the molecule is CCc1nc(C(=O)NC[C@H]2CC[C@@H](S(C)(=O)=O)CC2)c(Cl)n1-c1ccc(CC(C)C(F)(F)F)cc1OC. The van der Waals surface area contributed by atoms with Crippen LogP contribution in [0.25, 0.3) is 5.69 Å². The second kappa shape index (κ2) is 11.6. The molecular formula is C25H33ClF3N3O4S. The summed E-state index contributed by atoms with van der Waals surface area (Å²) in [6.07, 6.45) is -0.234. The fourth-order valence-corrected chi connectivity index (χ4v) is 6.10. The number of sulfone groups is 1. The number of nitrogens with zero attached hydrogens (tertiary/aromatic N) is 2. The van der Waals surface area contributed by atoms with Crippen LogP contribution in [0.5, 0.6) is 5.75 Å². The number of alkyl halides is 3. The lowest BCUT2D eigenvalue weighted by molar-refractivity contribution is -0.169. The van der Waals surface area contributed by atoms with Crippen molar-refractivity contribution in [3.05, 3.63) is 40.4 Å². The van der Waals surface area contributed by atoms with Crippen molar-refractivity contribution in [2.45, 2.75) is 63.8 Å². The summed E-state index contributed by atoms with van der Waals surface area (Å²) in [6, 6.07) is 4.74. The molecule has 0 radical (unpaired) electrons. The summed E-state index contributed by atoms with van der Waals surface area (Å²) >= 11 is 6.61. The third kappa shape index (κ3) is 6.98. The van der Waals surface area contributed by atoms with Gasteiger partial charge in [-0.1, -0.05) is 31.5 Å².